The van der Waals surface area contributed by atoms with E-state index in [4.69, 9.17) is 16.3 Å². The summed E-state index contributed by atoms with van der Waals surface area (Å²) >= 11 is 6.34. The Hall–Kier alpha value is -3.03. The molecule has 0 radical (unpaired) electrons. The Labute approximate surface area is 228 Å². The van der Waals surface area contributed by atoms with Gasteiger partial charge in [-0.15, -0.1) is 0 Å². The van der Waals surface area contributed by atoms with Gasteiger partial charge in [0.05, 0.1) is 18.7 Å². The van der Waals surface area contributed by atoms with Crippen LogP contribution in [0.5, 0.6) is 5.75 Å². The normalized spacial score (nSPS) is 27.0. The van der Waals surface area contributed by atoms with Gasteiger partial charge in [-0.1, -0.05) is 35.9 Å². The maximum absolute atomic E-state index is 12.9. The van der Waals surface area contributed by atoms with Crippen molar-refractivity contribution < 1.29 is 24.5 Å². The second kappa shape index (κ2) is 10.6. The number of benzene rings is 2. The first-order valence-corrected chi connectivity index (χ1v) is 13.8. The highest BCUT2D eigenvalue weighted by molar-refractivity contribution is 6.30. The number of carboxylic acid groups (broad SMARTS) is 1. The quantitative estimate of drug-likeness (QED) is 0.513. The number of hydrogen-bond acceptors (Lipinski definition) is 5. The molecular formula is C30H35ClN2O5. The number of rotatable bonds is 1. The highest BCUT2D eigenvalue weighted by Crippen LogP contribution is 2.45. The lowest BCUT2D eigenvalue weighted by molar-refractivity contribution is -0.164. The molecule has 8 heteroatoms. The Morgan fingerprint density at radius 2 is 1.95 bits per heavy atom. The number of ether oxygens (including phenoxy) is 1. The summed E-state index contributed by atoms with van der Waals surface area (Å²) in [6, 6.07) is 11.2. The number of nitrogens with zero attached hydrogens (tertiary/aromatic N) is 2. The fourth-order valence-corrected chi connectivity index (χ4v) is 6.27. The molecule has 0 saturated carbocycles. The number of aliphatic hydroxyl groups is 1. The van der Waals surface area contributed by atoms with Crippen LogP contribution in [0.25, 0.3) is 0 Å². The van der Waals surface area contributed by atoms with Gasteiger partial charge >= 0.3 is 5.97 Å². The van der Waals surface area contributed by atoms with E-state index < -0.39 is 23.9 Å². The van der Waals surface area contributed by atoms with Crippen LogP contribution in [-0.2, 0) is 27.0 Å². The van der Waals surface area contributed by atoms with E-state index in [9.17, 15) is 19.8 Å². The molecule has 2 bridgehead atoms. The molecule has 0 saturated heterocycles. The molecule has 1 aliphatic carbocycles. The van der Waals surface area contributed by atoms with E-state index in [1.54, 1.807) is 25.2 Å². The van der Waals surface area contributed by atoms with Crippen molar-refractivity contribution in [3.63, 3.8) is 0 Å². The molecular weight excluding hydrogens is 504 g/mol. The molecule has 1 spiro atoms. The van der Waals surface area contributed by atoms with Crippen LogP contribution in [0.2, 0.25) is 5.02 Å². The number of likely N-dealkylation sites (N-methyl/N-ethyl adjacent to an activating group) is 1. The molecule has 1 amide bonds. The third-order valence-electron chi connectivity index (χ3n) is 8.30. The monoisotopic (exact) mass is 538 g/mol. The van der Waals surface area contributed by atoms with Crippen molar-refractivity contribution in [2.45, 2.75) is 56.0 Å². The van der Waals surface area contributed by atoms with Crippen LogP contribution < -0.4 is 9.64 Å². The molecule has 2 atom stereocenters. The van der Waals surface area contributed by atoms with Crippen molar-refractivity contribution in [1.29, 1.82) is 0 Å². The molecule has 2 N–H and O–H groups in total. The lowest BCUT2D eigenvalue weighted by Crippen LogP contribution is -2.46. The van der Waals surface area contributed by atoms with E-state index in [-0.39, 0.29) is 11.0 Å². The molecule has 0 fully saturated rings. The fraction of sp³-hybridized carbons (Fsp3) is 0.467. The van der Waals surface area contributed by atoms with Crippen LogP contribution in [0.4, 0.5) is 5.69 Å². The summed E-state index contributed by atoms with van der Waals surface area (Å²) in [5, 5.41) is 22.2. The van der Waals surface area contributed by atoms with Crippen LogP contribution in [0, 0.1) is 0 Å². The fourth-order valence-electron chi connectivity index (χ4n) is 6.08. The second-order valence-electron chi connectivity index (χ2n) is 10.9. The number of amides is 1. The average Bonchev–Trinajstić information content (AvgIpc) is 3.04. The number of aliphatic carboxylic acids is 1. The molecule has 2 aromatic carbocycles. The van der Waals surface area contributed by atoms with E-state index in [1.807, 2.05) is 12.1 Å². The van der Waals surface area contributed by atoms with E-state index in [0.717, 1.165) is 55.8 Å². The van der Waals surface area contributed by atoms with Crippen molar-refractivity contribution in [1.82, 2.24) is 4.90 Å². The average molecular weight is 539 g/mol. The summed E-state index contributed by atoms with van der Waals surface area (Å²) in [7, 11) is 1.62. The molecule has 2 aromatic rings. The Balaban J connectivity index is 1.59. The number of anilines is 1. The molecule has 7 nitrogen and oxygen atoms in total. The zero-order valence-electron chi connectivity index (χ0n) is 21.8. The minimum atomic E-state index is -2.35. The van der Waals surface area contributed by atoms with Gasteiger partial charge < -0.3 is 24.7 Å². The highest BCUT2D eigenvalue weighted by Gasteiger charge is 2.44. The molecule has 202 valence electrons. The Morgan fingerprint density at radius 1 is 1.11 bits per heavy atom. The Kier molecular flexibility index (Phi) is 7.43. The molecule has 5 rings (SSSR count). The molecule has 0 aromatic heterocycles. The summed E-state index contributed by atoms with van der Waals surface area (Å²) < 4.78 is 6.45. The van der Waals surface area contributed by atoms with E-state index >= 15 is 0 Å². The van der Waals surface area contributed by atoms with E-state index in [0.29, 0.717) is 25.4 Å². The lowest BCUT2D eigenvalue weighted by Gasteiger charge is -2.41. The van der Waals surface area contributed by atoms with Crippen molar-refractivity contribution in [2.75, 3.05) is 38.2 Å². The van der Waals surface area contributed by atoms with Gasteiger partial charge in [-0.25, -0.2) is 4.79 Å². The number of carbonyl (C=O) groups is 2. The van der Waals surface area contributed by atoms with Gasteiger partial charge in [-0.3, -0.25) is 4.79 Å². The van der Waals surface area contributed by atoms with Crippen LogP contribution in [0.1, 0.15) is 55.2 Å². The number of allylic oxidation sites excluding steroid dienone is 1. The molecule has 0 unspecified atom stereocenters. The first-order chi connectivity index (χ1) is 18.2. The number of aryl methyl sites for hydroxylation is 1. The number of fused-ring (bicyclic) bond motifs is 3. The smallest absolute Gasteiger partial charge is 0.340 e. The maximum atomic E-state index is 12.9. The standard InChI is InChI=1S/C30H35ClN2O5/c1-32-14-5-3-2-4-6-15-33-19-29(13-7-8-21-16-23(31)10-11-24(21)29)20-38-26-12-9-22(17-25(26)33)30(37,28(35)36)18-27(32)34/h3,5,9-12,16-17,37H,2,4,6-8,13-15,18-20H2,1H3,(H,35,36)/b5-3+/t29-,30+/m0/s1. The first-order valence-electron chi connectivity index (χ1n) is 13.4. The Bertz CT molecular complexity index is 1260. The largest absolute Gasteiger partial charge is 0.490 e. The molecule has 2 aliphatic heterocycles. The van der Waals surface area contributed by atoms with Gasteiger partial charge in [0.1, 0.15) is 5.75 Å². The second-order valence-corrected chi connectivity index (χ2v) is 11.3. The number of carbonyl (C=O) groups excluding carboxylic acids is 1. The third-order valence-corrected chi connectivity index (χ3v) is 8.53. The minimum absolute atomic E-state index is 0.177. The number of carboxylic acids is 1. The number of hydrogen-bond donors (Lipinski definition) is 2. The van der Waals surface area contributed by atoms with Crippen LogP contribution in [-0.4, -0.2) is 60.3 Å². The minimum Gasteiger partial charge on any atom is -0.490 e. The molecule has 3 aliphatic rings. The van der Waals surface area contributed by atoms with Crippen LogP contribution >= 0.6 is 11.6 Å². The zero-order valence-corrected chi connectivity index (χ0v) is 22.5. The Morgan fingerprint density at radius 3 is 2.76 bits per heavy atom. The first kappa shape index (κ1) is 26.6. The van der Waals surface area contributed by atoms with Gasteiger partial charge in [0.25, 0.3) is 0 Å². The SMILES string of the molecule is CN1C/C=C/CCCCN2C[C@@]3(CCCc4cc(Cl)ccc43)COc3ccc(cc32)[C@@](O)(C(=O)O)CC1=O. The lowest BCUT2D eigenvalue weighted by atomic mass is 9.70. The summed E-state index contributed by atoms with van der Waals surface area (Å²) in [5.41, 5.74) is 0.861. The van der Waals surface area contributed by atoms with E-state index in [2.05, 4.69) is 23.1 Å². The topological polar surface area (TPSA) is 90.3 Å². The summed E-state index contributed by atoms with van der Waals surface area (Å²) in [6.45, 7) is 2.34. The highest BCUT2D eigenvalue weighted by atomic mass is 35.5. The van der Waals surface area contributed by atoms with Gasteiger partial charge in [0, 0.05) is 37.1 Å². The van der Waals surface area contributed by atoms with Crippen molar-refractivity contribution >= 4 is 29.2 Å². The van der Waals surface area contributed by atoms with E-state index in [1.165, 1.54) is 16.0 Å². The van der Waals surface area contributed by atoms with Gasteiger partial charge in [-0.2, -0.15) is 0 Å². The van der Waals surface area contributed by atoms with Gasteiger partial charge in [0.15, 0.2) is 5.60 Å². The maximum Gasteiger partial charge on any atom is 0.340 e. The summed E-state index contributed by atoms with van der Waals surface area (Å²) in [4.78, 5) is 29.0. The predicted molar refractivity (Wildman–Crippen MR) is 147 cm³/mol. The summed E-state index contributed by atoms with van der Waals surface area (Å²) in [6.07, 6.45) is 9.24. The predicted octanol–water partition coefficient (Wildman–Crippen LogP) is 4.67. The van der Waals surface area contributed by atoms with Crippen molar-refractivity contribution in [2.24, 2.45) is 0 Å². The summed E-state index contributed by atoms with van der Waals surface area (Å²) in [5.74, 6) is -1.23. The van der Waals surface area contributed by atoms with Crippen LogP contribution in [0.3, 0.4) is 0 Å². The van der Waals surface area contributed by atoms with Gasteiger partial charge in [-0.05, 0) is 79.5 Å². The third kappa shape index (κ3) is 5.02. The molecule has 2 heterocycles. The van der Waals surface area contributed by atoms with Gasteiger partial charge in [0.2, 0.25) is 5.91 Å². The number of halogens is 1. The van der Waals surface area contributed by atoms with Crippen LogP contribution in [0.15, 0.2) is 48.6 Å². The van der Waals surface area contributed by atoms with Crippen molar-refractivity contribution in [3.05, 3.63) is 70.3 Å². The zero-order chi connectivity index (χ0) is 26.9. The van der Waals surface area contributed by atoms with Crippen molar-refractivity contribution in [3.8, 4) is 5.75 Å². The molecule has 38 heavy (non-hydrogen) atoms.